The second kappa shape index (κ2) is 6.31. The van der Waals surface area contributed by atoms with Gasteiger partial charge in [0.05, 0.1) is 6.54 Å². The molecule has 7 nitrogen and oxygen atoms in total. The van der Waals surface area contributed by atoms with Crippen molar-refractivity contribution in [2.24, 2.45) is 0 Å². The van der Waals surface area contributed by atoms with E-state index >= 15 is 0 Å². The Morgan fingerprint density at radius 3 is 2.68 bits per heavy atom. The lowest BCUT2D eigenvalue weighted by molar-refractivity contribution is -0.146. The van der Waals surface area contributed by atoms with Gasteiger partial charge in [0.25, 0.3) is 0 Å². The van der Waals surface area contributed by atoms with Crippen LogP contribution in [-0.4, -0.2) is 49.2 Å². The van der Waals surface area contributed by atoms with Gasteiger partial charge in [-0.3, -0.25) is 14.3 Å². The molecule has 0 radical (unpaired) electrons. The van der Waals surface area contributed by atoms with Gasteiger partial charge in [-0.15, -0.1) is 0 Å². The number of carbonyl (C=O) groups excluding carboxylic acids is 1. The summed E-state index contributed by atoms with van der Waals surface area (Å²) >= 11 is 0. The average Bonchev–Trinajstić information content (AvgIpc) is 3.05. The molecule has 0 saturated heterocycles. The predicted molar refractivity (Wildman–Crippen MR) is 66.2 cm³/mol. The number of hydrogen-bond acceptors (Lipinski definition) is 4. The zero-order valence-electron chi connectivity index (χ0n) is 10.7. The highest BCUT2D eigenvalue weighted by atomic mass is 16.4. The van der Waals surface area contributed by atoms with Crippen molar-refractivity contribution in [1.82, 2.24) is 19.7 Å². The van der Waals surface area contributed by atoms with Crippen molar-refractivity contribution in [3.8, 4) is 0 Å². The number of carbonyl (C=O) groups is 2. The quantitative estimate of drug-likeness (QED) is 0.811. The van der Waals surface area contributed by atoms with Crippen molar-refractivity contribution in [3.05, 3.63) is 12.7 Å². The number of aliphatic carboxylic acids is 1. The van der Waals surface area contributed by atoms with Gasteiger partial charge in [-0.25, -0.2) is 4.98 Å². The third-order valence-electron chi connectivity index (χ3n) is 3.41. The van der Waals surface area contributed by atoms with E-state index in [1.165, 1.54) is 11.2 Å². The molecule has 0 aromatic carbocycles. The van der Waals surface area contributed by atoms with Crippen LogP contribution in [0.2, 0.25) is 0 Å². The van der Waals surface area contributed by atoms with E-state index < -0.39 is 5.97 Å². The molecule has 1 saturated carbocycles. The number of aromatic nitrogens is 3. The standard InChI is InChI=1S/C12H18N4O3/c17-11(5-6-15-9-13-8-14-15)16(7-12(18)19)10-3-1-2-4-10/h8-10H,1-7H2,(H,18,19). The summed E-state index contributed by atoms with van der Waals surface area (Å²) in [5.74, 6) is -1.08. The highest BCUT2D eigenvalue weighted by Crippen LogP contribution is 2.23. The van der Waals surface area contributed by atoms with Gasteiger partial charge in [0.2, 0.25) is 5.91 Å². The Labute approximate surface area is 111 Å². The summed E-state index contributed by atoms with van der Waals surface area (Å²) < 4.78 is 1.57. The van der Waals surface area contributed by atoms with Gasteiger partial charge < -0.3 is 10.0 Å². The Bertz CT molecular complexity index is 426. The number of carboxylic acids is 1. The number of aryl methyl sites for hydroxylation is 1. The molecule has 0 unspecified atom stereocenters. The molecule has 1 heterocycles. The van der Waals surface area contributed by atoms with Crippen LogP contribution in [0.3, 0.4) is 0 Å². The first-order valence-electron chi connectivity index (χ1n) is 6.50. The highest BCUT2D eigenvalue weighted by molar-refractivity contribution is 5.81. The van der Waals surface area contributed by atoms with Crippen LogP contribution in [0, 0.1) is 0 Å². The van der Waals surface area contributed by atoms with Gasteiger partial charge in [-0.1, -0.05) is 12.8 Å². The third kappa shape index (κ3) is 3.77. The van der Waals surface area contributed by atoms with Crippen molar-refractivity contribution < 1.29 is 14.7 Å². The molecule has 1 amide bonds. The summed E-state index contributed by atoms with van der Waals surface area (Å²) in [4.78, 5) is 28.4. The molecule has 1 aromatic heterocycles. The number of rotatable bonds is 6. The van der Waals surface area contributed by atoms with Gasteiger partial charge in [0, 0.05) is 12.5 Å². The smallest absolute Gasteiger partial charge is 0.323 e. The zero-order valence-corrected chi connectivity index (χ0v) is 10.7. The fourth-order valence-corrected chi connectivity index (χ4v) is 2.48. The van der Waals surface area contributed by atoms with Crippen LogP contribution in [0.1, 0.15) is 32.1 Å². The van der Waals surface area contributed by atoms with E-state index in [9.17, 15) is 9.59 Å². The van der Waals surface area contributed by atoms with Crippen molar-refractivity contribution in [2.45, 2.75) is 44.7 Å². The molecular formula is C12H18N4O3. The van der Waals surface area contributed by atoms with E-state index in [1.54, 1.807) is 11.0 Å². The molecule has 1 aliphatic rings. The van der Waals surface area contributed by atoms with Gasteiger partial charge in [-0.2, -0.15) is 5.10 Å². The molecule has 0 bridgehead atoms. The molecule has 1 fully saturated rings. The largest absolute Gasteiger partial charge is 0.480 e. The van der Waals surface area contributed by atoms with Gasteiger partial charge in [0.15, 0.2) is 0 Å². The van der Waals surface area contributed by atoms with E-state index in [0.717, 1.165) is 25.7 Å². The summed E-state index contributed by atoms with van der Waals surface area (Å²) in [6.07, 6.45) is 7.16. The Balaban J connectivity index is 1.92. The lowest BCUT2D eigenvalue weighted by atomic mass is 10.2. The molecular weight excluding hydrogens is 248 g/mol. The van der Waals surface area contributed by atoms with E-state index in [1.807, 2.05) is 0 Å². The number of amides is 1. The number of nitrogens with zero attached hydrogens (tertiary/aromatic N) is 4. The van der Waals surface area contributed by atoms with Crippen LogP contribution < -0.4 is 0 Å². The van der Waals surface area contributed by atoms with Crippen molar-refractivity contribution in [1.29, 1.82) is 0 Å². The zero-order chi connectivity index (χ0) is 13.7. The SMILES string of the molecule is O=C(O)CN(C(=O)CCn1cncn1)C1CCCC1. The molecule has 104 valence electrons. The molecule has 1 N–H and O–H groups in total. The van der Waals surface area contributed by atoms with Crippen LogP contribution in [0.15, 0.2) is 12.7 Å². The van der Waals surface area contributed by atoms with Crippen molar-refractivity contribution in [3.63, 3.8) is 0 Å². The molecule has 0 spiro atoms. The molecule has 1 aliphatic carbocycles. The van der Waals surface area contributed by atoms with Crippen LogP contribution in [0.25, 0.3) is 0 Å². The van der Waals surface area contributed by atoms with Crippen LogP contribution >= 0.6 is 0 Å². The monoisotopic (exact) mass is 266 g/mol. The van der Waals surface area contributed by atoms with E-state index in [-0.39, 0.29) is 24.9 Å². The lowest BCUT2D eigenvalue weighted by Crippen LogP contribution is -2.42. The normalized spacial score (nSPS) is 15.6. The van der Waals surface area contributed by atoms with Crippen molar-refractivity contribution >= 4 is 11.9 Å². The maximum absolute atomic E-state index is 12.2. The fraction of sp³-hybridized carbons (Fsp3) is 0.667. The minimum Gasteiger partial charge on any atom is -0.480 e. The summed E-state index contributed by atoms with van der Waals surface area (Å²) in [6.45, 7) is 0.225. The Morgan fingerprint density at radius 2 is 2.11 bits per heavy atom. The minimum absolute atomic E-state index is 0.0827. The first-order valence-corrected chi connectivity index (χ1v) is 6.50. The summed E-state index contributed by atoms with van der Waals surface area (Å²) in [5, 5.41) is 12.8. The first kappa shape index (κ1) is 13.5. The Morgan fingerprint density at radius 1 is 1.37 bits per heavy atom. The van der Waals surface area contributed by atoms with E-state index in [2.05, 4.69) is 10.1 Å². The molecule has 7 heteroatoms. The molecule has 1 aromatic rings. The second-order valence-corrected chi connectivity index (χ2v) is 4.76. The van der Waals surface area contributed by atoms with Gasteiger partial charge in [-0.05, 0) is 12.8 Å². The molecule has 0 atom stereocenters. The molecule has 0 aliphatic heterocycles. The van der Waals surface area contributed by atoms with Gasteiger partial charge in [0.1, 0.15) is 19.2 Å². The second-order valence-electron chi connectivity index (χ2n) is 4.76. The van der Waals surface area contributed by atoms with Crippen LogP contribution in [0.4, 0.5) is 0 Å². The maximum atomic E-state index is 12.2. The summed E-state index contributed by atoms with van der Waals surface area (Å²) in [5.41, 5.74) is 0. The van der Waals surface area contributed by atoms with Crippen LogP contribution in [0.5, 0.6) is 0 Å². The Kier molecular flexibility index (Phi) is 4.48. The number of carboxylic acid groups (broad SMARTS) is 1. The van der Waals surface area contributed by atoms with Crippen LogP contribution in [-0.2, 0) is 16.1 Å². The predicted octanol–water partition coefficient (Wildman–Crippen LogP) is 0.524. The first-order chi connectivity index (χ1) is 9.16. The third-order valence-corrected chi connectivity index (χ3v) is 3.41. The molecule has 2 rings (SSSR count). The van der Waals surface area contributed by atoms with E-state index in [0.29, 0.717) is 6.54 Å². The van der Waals surface area contributed by atoms with Crippen molar-refractivity contribution in [2.75, 3.05) is 6.54 Å². The number of hydrogen-bond donors (Lipinski definition) is 1. The lowest BCUT2D eigenvalue weighted by Gasteiger charge is -2.27. The fourth-order valence-electron chi connectivity index (χ4n) is 2.48. The topological polar surface area (TPSA) is 88.3 Å². The average molecular weight is 266 g/mol. The van der Waals surface area contributed by atoms with Gasteiger partial charge >= 0.3 is 5.97 Å². The summed E-state index contributed by atoms with van der Waals surface area (Å²) in [6, 6.07) is 0.0827. The summed E-state index contributed by atoms with van der Waals surface area (Å²) in [7, 11) is 0. The van der Waals surface area contributed by atoms with E-state index in [4.69, 9.17) is 5.11 Å². The Hall–Kier alpha value is -1.92. The highest BCUT2D eigenvalue weighted by Gasteiger charge is 2.27. The maximum Gasteiger partial charge on any atom is 0.323 e. The minimum atomic E-state index is -0.957. The molecule has 19 heavy (non-hydrogen) atoms.